The van der Waals surface area contributed by atoms with Gasteiger partial charge in [0.2, 0.25) is 5.91 Å². The van der Waals surface area contributed by atoms with Crippen LogP contribution in [0.2, 0.25) is 0 Å². The second kappa shape index (κ2) is 8.68. The molecule has 4 heteroatoms. The molecule has 0 bridgehead atoms. The van der Waals surface area contributed by atoms with Crippen molar-refractivity contribution >= 4 is 22.4 Å². The standard InChI is InChI=1S/C24H31NO3/c1-15(13-22(26)25-12-11-19-9-7-6-8-10-19)20-14-21-16(2)18(4)28-24(21)17(3)23(20)27-5/h9,13-14H,6-8,10-12H2,1-5H3,(H,25,26)/b15-13+. The maximum atomic E-state index is 12.4. The number of carbonyl (C=O) groups excluding carboxylic acids is 1. The molecule has 2 aromatic rings. The van der Waals surface area contributed by atoms with Gasteiger partial charge in [0, 0.05) is 29.1 Å². The van der Waals surface area contributed by atoms with E-state index < -0.39 is 0 Å². The van der Waals surface area contributed by atoms with Crippen LogP contribution < -0.4 is 10.1 Å². The average Bonchev–Trinajstić information content (AvgIpc) is 2.97. The van der Waals surface area contributed by atoms with Crippen LogP contribution in [-0.2, 0) is 4.79 Å². The van der Waals surface area contributed by atoms with Gasteiger partial charge in [-0.25, -0.2) is 0 Å². The molecule has 1 aliphatic rings. The molecule has 0 aliphatic heterocycles. The molecule has 28 heavy (non-hydrogen) atoms. The fraction of sp³-hybridized carbons (Fsp3) is 0.458. The molecule has 4 nitrogen and oxygen atoms in total. The quantitative estimate of drug-likeness (QED) is 0.510. The normalized spacial score (nSPS) is 14.9. The first-order chi connectivity index (χ1) is 13.4. The highest BCUT2D eigenvalue weighted by molar-refractivity contribution is 5.98. The third kappa shape index (κ3) is 4.16. The highest BCUT2D eigenvalue weighted by atomic mass is 16.5. The molecule has 0 saturated heterocycles. The third-order valence-electron chi connectivity index (χ3n) is 5.75. The van der Waals surface area contributed by atoms with Crippen LogP contribution in [0.4, 0.5) is 0 Å². The Kier molecular flexibility index (Phi) is 6.28. The average molecular weight is 382 g/mol. The van der Waals surface area contributed by atoms with E-state index in [2.05, 4.69) is 24.4 Å². The molecule has 0 radical (unpaired) electrons. The van der Waals surface area contributed by atoms with Crippen LogP contribution >= 0.6 is 0 Å². The van der Waals surface area contributed by atoms with Gasteiger partial charge in [0.15, 0.2) is 0 Å². The fourth-order valence-corrected chi connectivity index (χ4v) is 3.97. The van der Waals surface area contributed by atoms with Crippen molar-refractivity contribution in [3.8, 4) is 5.75 Å². The van der Waals surface area contributed by atoms with E-state index in [1.807, 2.05) is 20.8 Å². The van der Waals surface area contributed by atoms with Gasteiger partial charge in [-0.05, 0) is 77.0 Å². The number of hydrogen-bond acceptors (Lipinski definition) is 3. The monoisotopic (exact) mass is 381 g/mol. The van der Waals surface area contributed by atoms with Gasteiger partial charge in [-0.2, -0.15) is 0 Å². The second-order valence-electron chi connectivity index (χ2n) is 7.72. The predicted octanol–water partition coefficient (Wildman–Crippen LogP) is 5.78. The molecule has 1 N–H and O–H groups in total. The van der Waals surface area contributed by atoms with Gasteiger partial charge in [-0.3, -0.25) is 4.79 Å². The van der Waals surface area contributed by atoms with E-state index in [1.54, 1.807) is 13.2 Å². The minimum atomic E-state index is -0.0613. The lowest BCUT2D eigenvalue weighted by atomic mass is 9.97. The zero-order valence-electron chi connectivity index (χ0n) is 17.7. The van der Waals surface area contributed by atoms with Crippen LogP contribution in [0.25, 0.3) is 16.5 Å². The highest BCUT2D eigenvalue weighted by Gasteiger charge is 2.18. The van der Waals surface area contributed by atoms with Crippen molar-refractivity contribution in [3.63, 3.8) is 0 Å². The number of nitrogens with one attached hydrogen (secondary N) is 1. The summed E-state index contributed by atoms with van der Waals surface area (Å²) >= 11 is 0. The van der Waals surface area contributed by atoms with Gasteiger partial charge in [-0.15, -0.1) is 0 Å². The summed E-state index contributed by atoms with van der Waals surface area (Å²) in [6.07, 6.45) is 9.85. The maximum absolute atomic E-state index is 12.4. The van der Waals surface area contributed by atoms with Crippen molar-refractivity contribution in [3.05, 3.63) is 46.2 Å². The zero-order chi connectivity index (χ0) is 20.3. The van der Waals surface area contributed by atoms with E-state index in [1.165, 1.54) is 31.3 Å². The first-order valence-corrected chi connectivity index (χ1v) is 10.1. The Hall–Kier alpha value is -2.49. The smallest absolute Gasteiger partial charge is 0.244 e. The molecule has 0 saturated carbocycles. The Labute approximate surface area is 167 Å². The van der Waals surface area contributed by atoms with Crippen molar-refractivity contribution in [2.75, 3.05) is 13.7 Å². The Morgan fingerprint density at radius 3 is 2.71 bits per heavy atom. The molecule has 0 unspecified atom stereocenters. The Morgan fingerprint density at radius 2 is 2.04 bits per heavy atom. The van der Waals surface area contributed by atoms with Gasteiger partial charge in [0.25, 0.3) is 0 Å². The molecular formula is C24H31NO3. The van der Waals surface area contributed by atoms with Crippen molar-refractivity contribution in [2.24, 2.45) is 0 Å². The Bertz CT molecular complexity index is 947. The molecule has 1 aliphatic carbocycles. The van der Waals surface area contributed by atoms with E-state index in [0.717, 1.165) is 51.2 Å². The summed E-state index contributed by atoms with van der Waals surface area (Å²) in [5.74, 6) is 1.61. The van der Waals surface area contributed by atoms with Gasteiger partial charge in [0.1, 0.15) is 17.1 Å². The first-order valence-electron chi connectivity index (χ1n) is 10.1. The number of aryl methyl sites for hydroxylation is 3. The second-order valence-corrected chi connectivity index (χ2v) is 7.72. The number of ether oxygens (including phenoxy) is 1. The van der Waals surface area contributed by atoms with Gasteiger partial charge < -0.3 is 14.5 Å². The molecule has 0 fully saturated rings. The first kappa shape index (κ1) is 20.2. The topological polar surface area (TPSA) is 51.5 Å². The van der Waals surface area contributed by atoms with Crippen LogP contribution in [0.1, 0.15) is 61.5 Å². The summed E-state index contributed by atoms with van der Waals surface area (Å²) in [6.45, 7) is 8.66. The molecule has 0 atom stereocenters. The summed E-state index contributed by atoms with van der Waals surface area (Å²) in [6, 6.07) is 2.07. The Balaban J connectivity index is 1.79. The number of fused-ring (bicyclic) bond motifs is 1. The van der Waals surface area contributed by atoms with Crippen LogP contribution in [0, 0.1) is 20.8 Å². The summed E-state index contributed by atoms with van der Waals surface area (Å²) in [5.41, 5.74) is 6.23. The van der Waals surface area contributed by atoms with Crippen LogP contribution in [0.15, 0.2) is 28.2 Å². The summed E-state index contributed by atoms with van der Waals surface area (Å²) in [7, 11) is 1.66. The molecule has 1 aromatic carbocycles. The molecule has 150 valence electrons. The largest absolute Gasteiger partial charge is 0.496 e. The predicted molar refractivity (Wildman–Crippen MR) is 115 cm³/mol. The lowest BCUT2D eigenvalue weighted by molar-refractivity contribution is -0.116. The molecule has 1 amide bonds. The molecule has 3 rings (SSSR count). The molecular weight excluding hydrogens is 350 g/mol. The minimum Gasteiger partial charge on any atom is -0.496 e. The maximum Gasteiger partial charge on any atom is 0.244 e. The van der Waals surface area contributed by atoms with Crippen molar-refractivity contribution in [1.29, 1.82) is 0 Å². The number of benzene rings is 1. The number of amides is 1. The van der Waals surface area contributed by atoms with Crippen molar-refractivity contribution in [1.82, 2.24) is 5.32 Å². The third-order valence-corrected chi connectivity index (χ3v) is 5.75. The van der Waals surface area contributed by atoms with Gasteiger partial charge in [0.05, 0.1) is 7.11 Å². The summed E-state index contributed by atoms with van der Waals surface area (Å²) in [4.78, 5) is 12.4. The van der Waals surface area contributed by atoms with Crippen LogP contribution in [0.3, 0.4) is 0 Å². The summed E-state index contributed by atoms with van der Waals surface area (Å²) in [5, 5.41) is 4.09. The molecule has 1 aromatic heterocycles. The number of allylic oxidation sites excluding steroid dienone is 2. The van der Waals surface area contributed by atoms with Crippen LogP contribution in [0.5, 0.6) is 5.75 Å². The number of carbonyl (C=O) groups is 1. The lowest BCUT2D eigenvalue weighted by Gasteiger charge is -2.14. The SMILES string of the molecule is COc1c(/C(C)=C/C(=O)NCCC2=CCCCC2)cc2c(C)c(C)oc2c1C. The van der Waals surface area contributed by atoms with E-state index in [4.69, 9.17) is 9.15 Å². The van der Waals surface area contributed by atoms with Gasteiger partial charge in [-0.1, -0.05) is 11.6 Å². The van der Waals surface area contributed by atoms with E-state index in [-0.39, 0.29) is 5.91 Å². The van der Waals surface area contributed by atoms with Crippen molar-refractivity contribution in [2.45, 2.75) is 59.8 Å². The van der Waals surface area contributed by atoms with Crippen molar-refractivity contribution < 1.29 is 13.9 Å². The minimum absolute atomic E-state index is 0.0613. The zero-order valence-corrected chi connectivity index (χ0v) is 17.7. The number of methoxy groups -OCH3 is 1. The number of furan rings is 1. The van der Waals surface area contributed by atoms with E-state index in [0.29, 0.717) is 6.54 Å². The number of hydrogen-bond donors (Lipinski definition) is 1. The lowest BCUT2D eigenvalue weighted by Crippen LogP contribution is -2.23. The molecule has 1 heterocycles. The Morgan fingerprint density at radius 1 is 1.25 bits per heavy atom. The van der Waals surface area contributed by atoms with Gasteiger partial charge >= 0.3 is 0 Å². The van der Waals surface area contributed by atoms with Crippen LogP contribution in [-0.4, -0.2) is 19.6 Å². The number of rotatable bonds is 6. The van der Waals surface area contributed by atoms with E-state index in [9.17, 15) is 4.79 Å². The summed E-state index contributed by atoms with van der Waals surface area (Å²) < 4.78 is 11.6. The van der Waals surface area contributed by atoms with E-state index >= 15 is 0 Å². The highest BCUT2D eigenvalue weighted by Crippen LogP contribution is 2.38. The molecule has 0 spiro atoms. The fourth-order valence-electron chi connectivity index (χ4n) is 3.97.